The lowest BCUT2D eigenvalue weighted by molar-refractivity contribution is 0.107. The molecule has 2 atom stereocenters. The maximum atomic E-state index is 7.14. The summed E-state index contributed by atoms with van der Waals surface area (Å²) in [5, 5.41) is 10.4. The van der Waals surface area contributed by atoms with E-state index in [0.29, 0.717) is 5.57 Å². The van der Waals surface area contributed by atoms with Crippen LogP contribution < -0.4 is 11.1 Å². The summed E-state index contributed by atoms with van der Waals surface area (Å²) >= 11 is 0. The fraction of sp³-hybridized carbons (Fsp3) is 0.667. The molecule has 0 aliphatic rings. The average molecular weight is 185 g/mol. The summed E-state index contributed by atoms with van der Waals surface area (Å²) < 4.78 is 5.25. The molecule has 76 valence electrons. The number of rotatable bonds is 6. The lowest BCUT2D eigenvalue weighted by Crippen LogP contribution is -2.40. The van der Waals surface area contributed by atoms with Gasteiger partial charge in [0.15, 0.2) is 0 Å². The maximum absolute atomic E-state index is 7.14. The lowest BCUT2D eigenvalue weighted by atomic mass is 10.1. The van der Waals surface area contributed by atoms with E-state index in [1.807, 2.05) is 13.8 Å². The third-order valence-corrected chi connectivity index (χ3v) is 1.92. The van der Waals surface area contributed by atoms with Gasteiger partial charge in [-0.05, 0) is 13.5 Å². The summed E-state index contributed by atoms with van der Waals surface area (Å²) in [6.07, 6.45) is 2.49. The van der Waals surface area contributed by atoms with Gasteiger partial charge in [0.25, 0.3) is 0 Å². The topological polar surface area (TPSA) is 71.1 Å². The molecule has 0 saturated carbocycles. The Labute approximate surface area is 79.7 Å². The SMILES string of the molecule is CCNC(C)C(OC)/C(C=N)=C/N. The molecular weight excluding hydrogens is 166 g/mol. The van der Waals surface area contributed by atoms with Crippen molar-refractivity contribution in [2.45, 2.75) is 26.0 Å². The summed E-state index contributed by atoms with van der Waals surface area (Å²) in [6, 6.07) is 0.159. The minimum atomic E-state index is -0.151. The third-order valence-electron chi connectivity index (χ3n) is 1.92. The summed E-state index contributed by atoms with van der Waals surface area (Å²) in [6.45, 7) is 4.90. The zero-order valence-corrected chi connectivity index (χ0v) is 8.50. The Balaban J connectivity index is 4.38. The molecule has 0 fully saturated rings. The molecule has 0 aromatic heterocycles. The molecular formula is C9H19N3O. The van der Waals surface area contributed by atoms with Crippen LogP contribution in [0.3, 0.4) is 0 Å². The quantitative estimate of drug-likeness (QED) is 0.527. The normalized spacial score (nSPS) is 16.7. The molecule has 0 radical (unpaired) electrons. The molecule has 13 heavy (non-hydrogen) atoms. The molecule has 0 heterocycles. The Morgan fingerprint density at radius 3 is 2.62 bits per heavy atom. The van der Waals surface area contributed by atoms with Crippen molar-refractivity contribution in [1.29, 1.82) is 5.41 Å². The van der Waals surface area contributed by atoms with Crippen LogP contribution in [0.15, 0.2) is 11.8 Å². The molecule has 0 bridgehead atoms. The Hall–Kier alpha value is -0.870. The Morgan fingerprint density at radius 2 is 2.31 bits per heavy atom. The van der Waals surface area contributed by atoms with Crippen LogP contribution in [0.5, 0.6) is 0 Å². The van der Waals surface area contributed by atoms with E-state index in [4.69, 9.17) is 15.9 Å². The van der Waals surface area contributed by atoms with E-state index in [-0.39, 0.29) is 12.1 Å². The van der Waals surface area contributed by atoms with Crippen LogP contribution in [0.25, 0.3) is 0 Å². The largest absolute Gasteiger partial charge is 0.404 e. The first kappa shape index (κ1) is 12.1. The zero-order valence-electron chi connectivity index (χ0n) is 8.50. The summed E-state index contributed by atoms with van der Waals surface area (Å²) in [5.41, 5.74) is 6.06. The van der Waals surface area contributed by atoms with Gasteiger partial charge in [-0.2, -0.15) is 0 Å². The molecule has 0 rings (SSSR count). The molecule has 0 spiro atoms. The molecule has 2 unspecified atom stereocenters. The minimum absolute atomic E-state index is 0.151. The van der Waals surface area contributed by atoms with Crippen molar-refractivity contribution in [2.75, 3.05) is 13.7 Å². The number of nitrogens with two attached hydrogens (primary N) is 1. The van der Waals surface area contributed by atoms with Crippen molar-refractivity contribution in [3.8, 4) is 0 Å². The van der Waals surface area contributed by atoms with E-state index in [9.17, 15) is 0 Å². The van der Waals surface area contributed by atoms with Crippen LogP contribution in [0.1, 0.15) is 13.8 Å². The highest BCUT2D eigenvalue weighted by molar-refractivity contribution is 5.77. The smallest absolute Gasteiger partial charge is 0.0999 e. The highest BCUT2D eigenvalue weighted by Crippen LogP contribution is 2.07. The molecule has 0 aromatic carbocycles. The van der Waals surface area contributed by atoms with Crippen molar-refractivity contribution >= 4 is 6.21 Å². The highest BCUT2D eigenvalue weighted by atomic mass is 16.5. The molecule has 0 aliphatic carbocycles. The van der Waals surface area contributed by atoms with Crippen LogP contribution in [0.2, 0.25) is 0 Å². The van der Waals surface area contributed by atoms with Crippen molar-refractivity contribution in [2.24, 2.45) is 5.73 Å². The van der Waals surface area contributed by atoms with E-state index in [1.165, 1.54) is 12.4 Å². The average Bonchev–Trinajstić information content (AvgIpc) is 2.14. The molecule has 4 N–H and O–H groups in total. The van der Waals surface area contributed by atoms with Gasteiger partial charge in [0.05, 0.1) is 6.10 Å². The number of ether oxygens (including phenoxy) is 1. The number of likely N-dealkylation sites (N-methyl/N-ethyl adjacent to an activating group) is 1. The third kappa shape index (κ3) is 3.57. The van der Waals surface area contributed by atoms with Gasteiger partial charge in [0.2, 0.25) is 0 Å². The second kappa shape index (κ2) is 6.62. The van der Waals surface area contributed by atoms with Crippen LogP contribution in [0.4, 0.5) is 0 Å². The monoisotopic (exact) mass is 185 g/mol. The van der Waals surface area contributed by atoms with Gasteiger partial charge in [-0.25, -0.2) is 0 Å². The standard InChI is InChI=1S/C9H19N3O/c1-4-12-7(2)9(13-3)8(5-10)6-11/h5-7,9-10,12H,4,11H2,1-3H3/b8-6+,10-5?. The van der Waals surface area contributed by atoms with Gasteiger partial charge in [-0.3, -0.25) is 0 Å². The fourth-order valence-corrected chi connectivity index (χ4v) is 1.28. The van der Waals surface area contributed by atoms with Gasteiger partial charge >= 0.3 is 0 Å². The number of nitrogens with one attached hydrogen (secondary N) is 2. The molecule has 0 saturated heterocycles. The van der Waals surface area contributed by atoms with Crippen molar-refractivity contribution in [1.82, 2.24) is 5.32 Å². The zero-order chi connectivity index (χ0) is 10.3. The second-order valence-corrected chi connectivity index (χ2v) is 2.81. The second-order valence-electron chi connectivity index (χ2n) is 2.81. The summed E-state index contributed by atoms with van der Waals surface area (Å²) in [7, 11) is 1.62. The Bertz CT molecular complexity index is 180. The first-order chi connectivity index (χ1) is 6.21. The number of methoxy groups -OCH3 is 1. The molecule has 0 aliphatic heterocycles. The maximum Gasteiger partial charge on any atom is 0.0999 e. The molecule has 4 heteroatoms. The Kier molecular flexibility index (Phi) is 6.18. The number of hydrogen-bond donors (Lipinski definition) is 3. The molecule has 0 amide bonds. The first-order valence-corrected chi connectivity index (χ1v) is 4.39. The molecule has 0 aromatic rings. The van der Waals surface area contributed by atoms with Gasteiger partial charge < -0.3 is 21.2 Å². The predicted molar refractivity (Wildman–Crippen MR) is 55.0 cm³/mol. The van der Waals surface area contributed by atoms with E-state index in [0.717, 1.165) is 6.54 Å². The first-order valence-electron chi connectivity index (χ1n) is 4.39. The van der Waals surface area contributed by atoms with Crippen molar-refractivity contribution < 1.29 is 4.74 Å². The van der Waals surface area contributed by atoms with Gasteiger partial charge in [-0.15, -0.1) is 0 Å². The van der Waals surface area contributed by atoms with Crippen LogP contribution in [-0.2, 0) is 4.74 Å². The summed E-state index contributed by atoms with van der Waals surface area (Å²) in [4.78, 5) is 0. The van der Waals surface area contributed by atoms with Gasteiger partial charge in [0.1, 0.15) is 0 Å². The Morgan fingerprint density at radius 1 is 1.69 bits per heavy atom. The highest BCUT2D eigenvalue weighted by Gasteiger charge is 2.18. The van der Waals surface area contributed by atoms with Crippen molar-refractivity contribution in [3.63, 3.8) is 0 Å². The van der Waals surface area contributed by atoms with E-state index >= 15 is 0 Å². The minimum Gasteiger partial charge on any atom is -0.404 e. The van der Waals surface area contributed by atoms with Crippen molar-refractivity contribution in [3.05, 3.63) is 11.8 Å². The van der Waals surface area contributed by atoms with Crippen LogP contribution in [-0.4, -0.2) is 32.0 Å². The predicted octanol–water partition coefficient (Wildman–Crippen LogP) is 0.492. The van der Waals surface area contributed by atoms with Crippen LogP contribution in [0, 0.1) is 5.41 Å². The van der Waals surface area contributed by atoms with Gasteiger partial charge in [-0.1, -0.05) is 6.92 Å². The summed E-state index contributed by atoms with van der Waals surface area (Å²) in [5.74, 6) is 0. The lowest BCUT2D eigenvalue weighted by Gasteiger charge is -2.23. The molecule has 4 nitrogen and oxygen atoms in total. The fourth-order valence-electron chi connectivity index (χ4n) is 1.28. The number of hydrogen-bond acceptors (Lipinski definition) is 4. The van der Waals surface area contributed by atoms with E-state index < -0.39 is 0 Å². The van der Waals surface area contributed by atoms with Gasteiger partial charge in [0, 0.05) is 31.1 Å². The van der Waals surface area contributed by atoms with E-state index in [1.54, 1.807) is 7.11 Å². The van der Waals surface area contributed by atoms with Crippen LogP contribution >= 0.6 is 0 Å². The van der Waals surface area contributed by atoms with E-state index in [2.05, 4.69) is 5.32 Å².